The number of hydrogen-bond acceptors (Lipinski definition) is 4. The summed E-state index contributed by atoms with van der Waals surface area (Å²) in [5.41, 5.74) is 4.02. The van der Waals surface area contributed by atoms with Crippen molar-refractivity contribution in [1.82, 2.24) is 14.5 Å². The molecule has 0 saturated carbocycles. The van der Waals surface area contributed by atoms with Crippen LogP contribution in [0.15, 0.2) is 53.3 Å². The molecule has 0 fully saturated rings. The van der Waals surface area contributed by atoms with Crippen LogP contribution in [0.2, 0.25) is 0 Å². The van der Waals surface area contributed by atoms with Crippen molar-refractivity contribution < 1.29 is 14.3 Å². The zero-order valence-corrected chi connectivity index (χ0v) is 15.5. The van der Waals surface area contributed by atoms with Crippen LogP contribution >= 0.6 is 0 Å². The van der Waals surface area contributed by atoms with E-state index in [1.165, 1.54) is 16.5 Å². The molecule has 3 unspecified atom stereocenters. The average Bonchev–Trinajstić information content (AvgIpc) is 3.22. The van der Waals surface area contributed by atoms with Crippen LogP contribution in [0.1, 0.15) is 33.6 Å². The molecule has 1 aromatic heterocycles. The van der Waals surface area contributed by atoms with Gasteiger partial charge in [-0.05, 0) is 30.6 Å². The fourth-order valence-electron chi connectivity index (χ4n) is 4.35. The van der Waals surface area contributed by atoms with Gasteiger partial charge in [0, 0.05) is 48.5 Å². The number of ether oxygens (including phenoxy) is 1. The minimum absolute atomic E-state index is 0.0739. The topological polar surface area (TPSA) is 64.4 Å². The second-order valence-electron chi connectivity index (χ2n) is 7.67. The van der Waals surface area contributed by atoms with Gasteiger partial charge in [-0.15, -0.1) is 0 Å². The molecule has 0 spiro atoms. The first kappa shape index (κ1) is 16.8. The van der Waals surface area contributed by atoms with Gasteiger partial charge in [-0.2, -0.15) is 0 Å². The molecule has 3 aliphatic rings. The lowest BCUT2D eigenvalue weighted by Crippen LogP contribution is -2.43. The highest BCUT2D eigenvalue weighted by molar-refractivity contribution is 6.00. The molecule has 1 amide bonds. The van der Waals surface area contributed by atoms with E-state index < -0.39 is 6.09 Å². The number of imidazole rings is 1. The molecule has 0 bridgehead atoms. The van der Waals surface area contributed by atoms with E-state index in [9.17, 15) is 9.59 Å². The molecule has 0 saturated heterocycles. The molecule has 6 heteroatoms. The Morgan fingerprint density at radius 1 is 1.42 bits per heavy atom. The van der Waals surface area contributed by atoms with Crippen molar-refractivity contribution in [2.75, 3.05) is 7.05 Å². The monoisotopic (exact) mass is 353 g/mol. The van der Waals surface area contributed by atoms with Crippen molar-refractivity contribution in [3.63, 3.8) is 0 Å². The number of amides is 1. The summed E-state index contributed by atoms with van der Waals surface area (Å²) in [6.07, 6.45) is 9.73. The van der Waals surface area contributed by atoms with Gasteiger partial charge in [0.05, 0.1) is 0 Å². The quantitative estimate of drug-likeness (QED) is 0.777. The van der Waals surface area contributed by atoms with Crippen LogP contribution in [-0.2, 0) is 9.53 Å². The Morgan fingerprint density at radius 3 is 2.88 bits per heavy atom. The van der Waals surface area contributed by atoms with Crippen molar-refractivity contribution in [1.29, 1.82) is 0 Å². The Morgan fingerprint density at radius 2 is 2.19 bits per heavy atom. The molecule has 1 aliphatic heterocycles. The van der Waals surface area contributed by atoms with Crippen molar-refractivity contribution in [3.8, 4) is 0 Å². The lowest BCUT2D eigenvalue weighted by molar-refractivity contribution is -0.123. The van der Waals surface area contributed by atoms with E-state index in [-0.39, 0.29) is 23.3 Å². The van der Waals surface area contributed by atoms with Crippen molar-refractivity contribution in [2.45, 2.75) is 39.7 Å². The maximum absolute atomic E-state index is 12.3. The standard InChI is InChI=1S/C20H23N3O3/c1-12-15-10-20(3)13(2)17(26-19(25)23-8-7-21-11-23)6-5-14(20)9-16(15)22(4)18(12)24/h5,7-9,11,13,17H,6,10H2,1-4H3. The third-order valence-electron chi connectivity index (χ3n) is 6.34. The highest BCUT2D eigenvalue weighted by atomic mass is 16.6. The maximum atomic E-state index is 12.3. The molecule has 0 N–H and O–H groups in total. The Labute approximate surface area is 152 Å². The first-order valence-corrected chi connectivity index (χ1v) is 8.92. The van der Waals surface area contributed by atoms with E-state index >= 15 is 0 Å². The number of nitrogens with zero attached hydrogens (tertiary/aromatic N) is 3. The highest BCUT2D eigenvalue weighted by Crippen LogP contribution is 2.54. The van der Waals surface area contributed by atoms with Crippen LogP contribution in [0.4, 0.5) is 4.79 Å². The van der Waals surface area contributed by atoms with E-state index in [0.29, 0.717) is 6.42 Å². The third-order valence-corrected chi connectivity index (χ3v) is 6.34. The molecule has 2 heterocycles. The summed E-state index contributed by atoms with van der Waals surface area (Å²) in [5, 5.41) is 0. The number of aromatic nitrogens is 2. The van der Waals surface area contributed by atoms with Gasteiger partial charge >= 0.3 is 6.09 Å². The summed E-state index contributed by atoms with van der Waals surface area (Å²) in [6.45, 7) is 6.24. The molecule has 0 radical (unpaired) electrons. The number of fused-ring (bicyclic) bond motifs is 2. The molecule has 4 rings (SSSR count). The highest BCUT2D eigenvalue weighted by Gasteiger charge is 2.48. The van der Waals surface area contributed by atoms with Crippen molar-refractivity contribution >= 4 is 12.0 Å². The largest absolute Gasteiger partial charge is 0.445 e. The van der Waals surface area contributed by atoms with Crippen LogP contribution in [0.3, 0.4) is 0 Å². The summed E-state index contributed by atoms with van der Waals surface area (Å²) < 4.78 is 7.12. The van der Waals surface area contributed by atoms with Gasteiger partial charge in [0.2, 0.25) is 0 Å². The number of hydrogen-bond donors (Lipinski definition) is 0. The van der Waals surface area contributed by atoms with Gasteiger partial charge in [-0.3, -0.25) is 4.79 Å². The normalized spacial score (nSPS) is 30.6. The molecular weight excluding hydrogens is 330 g/mol. The summed E-state index contributed by atoms with van der Waals surface area (Å²) in [5.74, 6) is 0.207. The Hall–Kier alpha value is -2.63. The van der Waals surface area contributed by atoms with Crippen molar-refractivity contribution in [3.05, 3.63) is 53.3 Å². The molecule has 2 aliphatic carbocycles. The first-order valence-electron chi connectivity index (χ1n) is 8.92. The predicted molar refractivity (Wildman–Crippen MR) is 96.0 cm³/mol. The second kappa shape index (κ2) is 5.69. The minimum atomic E-state index is -0.405. The first-order chi connectivity index (χ1) is 12.3. The summed E-state index contributed by atoms with van der Waals surface area (Å²) in [4.78, 5) is 30.3. The smallest absolute Gasteiger partial charge is 0.419 e. The number of likely N-dealkylation sites (N-methyl/N-ethyl adjacent to an activating group) is 1. The lowest BCUT2D eigenvalue weighted by Gasteiger charge is -2.46. The Bertz CT molecular complexity index is 878. The zero-order valence-electron chi connectivity index (χ0n) is 15.5. The fraction of sp³-hybridized carbons (Fsp3) is 0.450. The molecule has 136 valence electrons. The number of allylic oxidation sites excluding steroid dienone is 3. The van der Waals surface area contributed by atoms with Gasteiger partial charge in [0.15, 0.2) is 0 Å². The second-order valence-corrected chi connectivity index (χ2v) is 7.67. The van der Waals surface area contributed by atoms with Crippen molar-refractivity contribution in [2.24, 2.45) is 11.3 Å². The van der Waals surface area contributed by atoms with E-state index in [0.717, 1.165) is 23.3 Å². The number of rotatable bonds is 1. The molecule has 1 aromatic rings. The lowest BCUT2D eigenvalue weighted by atomic mass is 9.60. The molecule has 0 aromatic carbocycles. The van der Waals surface area contributed by atoms with E-state index in [2.05, 4.69) is 31.0 Å². The molecule has 3 atom stereocenters. The number of carbonyl (C=O) groups excluding carboxylic acids is 2. The molecular formula is C20H23N3O3. The van der Waals surface area contributed by atoms with Crippen LogP contribution in [0.25, 0.3) is 0 Å². The molecule has 26 heavy (non-hydrogen) atoms. The zero-order chi connectivity index (χ0) is 18.6. The Kier molecular flexibility index (Phi) is 3.68. The van der Waals surface area contributed by atoms with E-state index in [1.54, 1.807) is 17.3 Å². The van der Waals surface area contributed by atoms with Crippen LogP contribution in [0, 0.1) is 11.3 Å². The van der Waals surface area contributed by atoms with Gasteiger partial charge < -0.3 is 9.64 Å². The maximum Gasteiger partial charge on any atom is 0.419 e. The predicted octanol–water partition coefficient (Wildman–Crippen LogP) is 3.29. The van der Waals surface area contributed by atoms with E-state index in [1.807, 2.05) is 14.0 Å². The molecule has 6 nitrogen and oxygen atoms in total. The van der Waals surface area contributed by atoms with Gasteiger partial charge in [0.1, 0.15) is 12.4 Å². The minimum Gasteiger partial charge on any atom is -0.445 e. The van der Waals surface area contributed by atoms with Gasteiger partial charge in [0.25, 0.3) is 5.91 Å². The van der Waals surface area contributed by atoms with E-state index in [4.69, 9.17) is 4.74 Å². The van der Waals surface area contributed by atoms with Crippen LogP contribution < -0.4 is 0 Å². The summed E-state index contributed by atoms with van der Waals surface area (Å²) in [7, 11) is 1.83. The Balaban J connectivity index is 1.65. The summed E-state index contributed by atoms with van der Waals surface area (Å²) >= 11 is 0. The number of carbonyl (C=O) groups is 2. The average molecular weight is 353 g/mol. The fourth-order valence-corrected chi connectivity index (χ4v) is 4.35. The van der Waals surface area contributed by atoms with Crippen LogP contribution in [-0.4, -0.2) is 39.6 Å². The van der Waals surface area contributed by atoms with Gasteiger partial charge in [-0.25, -0.2) is 14.3 Å². The third kappa shape index (κ3) is 2.28. The van der Waals surface area contributed by atoms with Gasteiger partial charge in [-0.1, -0.05) is 19.9 Å². The SMILES string of the molecule is CC1=C2CC3(C)C(=CCC(OC(=O)n4ccnc4)C3C)C=C2N(C)C1=O. The summed E-state index contributed by atoms with van der Waals surface area (Å²) in [6, 6.07) is 0. The van der Waals surface area contributed by atoms with Crippen LogP contribution in [0.5, 0.6) is 0 Å².